The van der Waals surface area contributed by atoms with E-state index in [0.717, 1.165) is 30.2 Å². The summed E-state index contributed by atoms with van der Waals surface area (Å²) in [4.78, 5) is 2.72. The molecule has 2 heteroatoms. The highest BCUT2D eigenvalue weighted by Gasteiger charge is 2.27. The predicted molar refractivity (Wildman–Crippen MR) is 102 cm³/mol. The largest absolute Gasteiger partial charge is 0.396 e. The quantitative estimate of drug-likeness (QED) is 0.543. The Bertz CT molecular complexity index is 292. The minimum Gasteiger partial charge on any atom is -0.396 e. The lowest BCUT2D eigenvalue weighted by atomic mass is 9.87. The van der Waals surface area contributed by atoms with Crippen LogP contribution in [-0.2, 0) is 0 Å². The Balaban J connectivity index is 2.17. The SMILES string of the molecule is CC(C)CCCC(C)CCCC(C)N1CCC(CCO)CC1C. The molecule has 0 aromatic rings. The third kappa shape index (κ3) is 8.54. The second-order valence-electron chi connectivity index (χ2n) is 8.70. The molecule has 0 bridgehead atoms. The summed E-state index contributed by atoms with van der Waals surface area (Å²) in [5.74, 6) is 2.51. The molecule has 23 heavy (non-hydrogen) atoms. The van der Waals surface area contributed by atoms with Crippen LogP contribution in [0.1, 0.15) is 92.4 Å². The van der Waals surface area contributed by atoms with Crippen molar-refractivity contribution in [3.05, 3.63) is 0 Å². The zero-order valence-corrected chi connectivity index (χ0v) is 16.6. The van der Waals surface area contributed by atoms with Gasteiger partial charge in [-0.2, -0.15) is 0 Å². The van der Waals surface area contributed by atoms with Crippen LogP contribution in [-0.4, -0.2) is 35.2 Å². The molecule has 138 valence electrons. The second kappa shape index (κ2) is 11.5. The Labute approximate surface area is 146 Å². The van der Waals surface area contributed by atoms with Crippen molar-refractivity contribution in [3.63, 3.8) is 0 Å². The highest BCUT2D eigenvalue weighted by atomic mass is 16.3. The number of rotatable bonds is 11. The first-order chi connectivity index (χ1) is 10.9. The van der Waals surface area contributed by atoms with Crippen LogP contribution in [0.5, 0.6) is 0 Å². The van der Waals surface area contributed by atoms with Gasteiger partial charge in [-0.1, -0.05) is 52.9 Å². The van der Waals surface area contributed by atoms with Crippen molar-refractivity contribution in [2.45, 2.75) is 104 Å². The van der Waals surface area contributed by atoms with Gasteiger partial charge in [-0.15, -0.1) is 0 Å². The van der Waals surface area contributed by atoms with E-state index in [2.05, 4.69) is 39.5 Å². The predicted octanol–water partition coefficient (Wildman–Crippen LogP) is 5.49. The third-order valence-electron chi connectivity index (χ3n) is 5.94. The van der Waals surface area contributed by atoms with E-state index in [1.807, 2.05) is 0 Å². The fraction of sp³-hybridized carbons (Fsp3) is 1.00. The fourth-order valence-electron chi connectivity index (χ4n) is 4.33. The molecule has 0 radical (unpaired) electrons. The molecule has 1 N–H and O–H groups in total. The van der Waals surface area contributed by atoms with Crippen LogP contribution in [0.2, 0.25) is 0 Å². The Kier molecular flexibility index (Phi) is 10.5. The maximum atomic E-state index is 9.13. The molecule has 1 aliphatic rings. The third-order valence-corrected chi connectivity index (χ3v) is 5.94. The van der Waals surface area contributed by atoms with Gasteiger partial charge in [0.05, 0.1) is 0 Å². The van der Waals surface area contributed by atoms with Gasteiger partial charge in [0.25, 0.3) is 0 Å². The van der Waals surface area contributed by atoms with E-state index >= 15 is 0 Å². The smallest absolute Gasteiger partial charge is 0.0433 e. The molecule has 0 saturated carbocycles. The summed E-state index contributed by atoms with van der Waals surface area (Å²) >= 11 is 0. The van der Waals surface area contributed by atoms with E-state index in [1.54, 1.807) is 0 Å². The molecule has 2 nitrogen and oxygen atoms in total. The zero-order valence-electron chi connectivity index (χ0n) is 16.6. The number of aliphatic hydroxyl groups excluding tert-OH is 1. The van der Waals surface area contributed by atoms with Gasteiger partial charge in [0.15, 0.2) is 0 Å². The number of hydrogen-bond acceptors (Lipinski definition) is 2. The van der Waals surface area contributed by atoms with E-state index < -0.39 is 0 Å². The molecule has 1 saturated heterocycles. The zero-order chi connectivity index (χ0) is 17.2. The van der Waals surface area contributed by atoms with Crippen LogP contribution in [0.25, 0.3) is 0 Å². The van der Waals surface area contributed by atoms with Gasteiger partial charge < -0.3 is 5.11 Å². The first-order valence-electron chi connectivity index (χ1n) is 10.3. The first-order valence-corrected chi connectivity index (χ1v) is 10.3. The minimum absolute atomic E-state index is 0.363. The number of piperidine rings is 1. The van der Waals surface area contributed by atoms with Gasteiger partial charge in [0.2, 0.25) is 0 Å². The summed E-state index contributed by atoms with van der Waals surface area (Å²) in [6.45, 7) is 13.5. The van der Waals surface area contributed by atoms with E-state index in [1.165, 1.54) is 57.9 Å². The van der Waals surface area contributed by atoms with Crippen molar-refractivity contribution in [1.29, 1.82) is 0 Å². The number of hydrogen-bond donors (Lipinski definition) is 1. The molecule has 0 amide bonds. The molecule has 4 atom stereocenters. The van der Waals surface area contributed by atoms with Crippen molar-refractivity contribution in [2.24, 2.45) is 17.8 Å². The Morgan fingerprint density at radius 1 is 1.00 bits per heavy atom. The summed E-state index contributed by atoms with van der Waals surface area (Å²) in [5.41, 5.74) is 0. The van der Waals surface area contributed by atoms with Gasteiger partial charge in [-0.25, -0.2) is 0 Å². The number of nitrogens with zero attached hydrogens (tertiary/aromatic N) is 1. The lowest BCUT2D eigenvalue weighted by Gasteiger charge is -2.41. The minimum atomic E-state index is 0.363. The highest BCUT2D eigenvalue weighted by molar-refractivity contribution is 4.82. The average Bonchev–Trinajstić information content (AvgIpc) is 2.47. The molecule has 0 aliphatic carbocycles. The first kappa shape index (κ1) is 21.0. The van der Waals surface area contributed by atoms with Crippen molar-refractivity contribution < 1.29 is 5.11 Å². The van der Waals surface area contributed by atoms with Crippen molar-refractivity contribution >= 4 is 0 Å². The van der Waals surface area contributed by atoms with E-state index in [9.17, 15) is 0 Å². The maximum Gasteiger partial charge on any atom is 0.0433 e. The Morgan fingerprint density at radius 3 is 2.22 bits per heavy atom. The monoisotopic (exact) mass is 325 g/mol. The number of aliphatic hydroxyl groups is 1. The van der Waals surface area contributed by atoms with Crippen molar-refractivity contribution in [3.8, 4) is 0 Å². The lowest BCUT2D eigenvalue weighted by molar-refractivity contribution is 0.0702. The van der Waals surface area contributed by atoms with Crippen LogP contribution in [0, 0.1) is 17.8 Å². The molecule has 1 aliphatic heterocycles. The van der Waals surface area contributed by atoms with Gasteiger partial charge in [-0.05, 0) is 63.8 Å². The summed E-state index contributed by atoms with van der Waals surface area (Å²) in [6, 6.07) is 1.42. The van der Waals surface area contributed by atoms with Gasteiger partial charge in [0.1, 0.15) is 0 Å². The molecule has 1 heterocycles. The highest BCUT2D eigenvalue weighted by Crippen LogP contribution is 2.28. The topological polar surface area (TPSA) is 23.5 Å². The lowest BCUT2D eigenvalue weighted by Crippen LogP contribution is -2.46. The van der Waals surface area contributed by atoms with Crippen LogP contribution in [0.15, 0.2) is 0 Å². The molecular weight excluding hydrogens is 282 g/mol. The Hall–Kier alpha value is -0.0800. The van der Waals surface area contributed by atoms with Crippen molar-refractivity contribution in [2.75, 3.05) is 13.2 Å². The molecule has 4 unspecified atom stereocenters. The van der Waals surface area contributed by atoms with Crippen LogP contribution in [0.4, 0.5) is 0 Å². The van der Waals surface area contributed by atoms with E-state index in [4.69, 9.17) is 5.11 Å². The van der Waals surface area contributed by atoms with Crippen LogP contribution in [0.3, 0.4) is 0 Å². The Morgan fingerprint density at radius 2 is 1.65 bits per heavy atom. The molecule has 0 aromatic carbocycles. The molecular formula is C21H43NO. The molecule has 1 fully saturated rings. The van der Waals surface area contributed by atoms with Gasteiger partial charge >= 0.3 is 0 Å². The molecule has 1 rings (SSSR count). The maximum absolute atomic E-state index is 9.13. The van der Waals surface area contributed by atoms with Crippen LogP contribution < -0.4 is 0 Å². The summed E-state index contributed by atoms with van der Waals surface area (Å²) in [5, 5.41) is 9.13. The van der Waals surface area contributed by atoms with Gasteiger partial charge in [0, 0.05) is 18.7 Å². The van der Waals surface area contributed by atoms with Crippen LogP contribution >= 0.6 is 0 Å². The normalized spacial score (nSPS) is 25.7. The standard InChI is InChI=1S/C21H43NO/c1-17(2)8-6-9-18(3)10-7-11-19(4)22-14-12-21(13-15-23)16-20(22)5/h17-21,23H,6-16H2,1-5H3. The van der Waals surface area contributed by atoms with E-state index in [-0.39, 0.29) is 0 Å². The summed E-state index contributed by atoms with van der Waals surface area (Å²) < 4.78 is 0. The molecule has 0 spiro atoms. The van der Waals surface area contributed by atoms with E-state index in [0.29, 0.717) is 12.6 Å². The van der Waals surface area contributed by atoms with Crippen molar-refractivity contribution in [1.82, 2.24) is 4.90 Å². The summed E-state index contributed by atoms with van der Waals surface area (Å²) in [7, 11) is 0. The summed E-state index contributed by atoms with van der Waals surface area (Å²) in [6.07, 6.45) is 11.9. The number of likely N-dealkylation sites (tertiary alicyclic amines) is 1. The average molecular weight is 326 g/mol. The molecule has 0 aromatic heterocycles. The van der Waals surface area contributed by atoms with Gasteiger partial charge in [-0.3, -0.25) is 4.90 Å². The fourth-order valence-corrected chi connectivity index (χ4v) is 4.33. The second-order valence-corrected chi connectivity index (χ2v) is 8.70.